The van der Waals surface area contributed by atoms with Crippen LogP contribution in [0.3, 0.4) is 0 Å². The monoisotopic (exact) mass is 944 g/mol. The average molecular weight is 945 g/mol. The van der Waals surface area contributed by atoms with Crippen LogP contribution in [0.4, 0.5) is 0 Å². The molecule has 0 aliphatic heterocycles. The van der Waals surface area contributed by atoms with Gasteiger partial charge < -0.3 is 15.5 Å². The third-order valence-electron chi connectivity index (χ3n) is 13.1. The lowest BCUT2D eigenvalue weighted by molar-refractivity contribution is -0.123. The lowest BCUT2D eigenvalue weighted by Crippen LogP contribution is -2.45. The van der Waals surface area contributed by atoms with Gasteiger partial charge in [0.25, 0.3) is 0 Å². The summed E-state index contributed by atoms with van der Waals surface area (Å²) in [6, 6.07) is -0.649. The molecule has 0 heterocycles. The summed E-state index contributed by atoms with van der Waals surface area (Å²) < 4.78 is 0. The second kappa shape index (κ2) is 58.6. The molecule has 2 unspecified atom stereocenters. The second-order valence-corrected chi connectivity index (χ2v) is 19.7. The molecular formula is C64H113NO3. The van der Waals surface area contributed by atoms with Crippen LogP contribution in [0, 0.1) is 0 Å². The van der Waals surface area contributed by atoms with Gasteiger partial charge in [0.15, 0.2) is 0 Å². The summed E-state index contributed by atoms with van der Waals surface area (Å²) in [5.41, 5.74) is 0. The molecule has 0 fully saturated rings. The number of amides is 1. The van der Waals surface area contributed by atoms with Crippen molar-refractivity contribution in [2.24, 2.45) is 0 Å². The van der Waals surface area contributed by atoms with Crippen LogP contribution in [0.2, 0.25) is 0 Å². The van der Waals surface area contributed by atoms with Gasteiger partial charge in [-0.1, -0.05) is 297 Å². The third-order valence-corrected chi connectivity index (χ3v) is 13.1. The maximum atomic E-state index is 12.5. The van der Waals surface area contributed by atoms with Gasteiger partial charge in [-0.3, -0.25) is 4.79 Å². The quantitative estimate of drug-likeness (QED) is 0.0420. The van der Waals surface area contributed by atoms with Crippen molar-refractivity contribution < 1.29 is 15.0 Å². The molecule has 0 aliphatic rings. The Balaban J connectivity index is 3.57. The van der Waals surface area contributed by atoms with Gasteiger partial charge in [0.1, 0.15) is 0 Å². The molecule has 0 aromatic heterocycles. The molecule has 0 saturated heterocycles. The number of unbranched alkanes of at least 4 members (excludes halogenated alkanes) is 32. The van der Waals surface area contributed by atoms with Gasteiger partial charge in [0, 0.05) is 6.42 Å². The molecule has 0 aromatic rings. The number of hydrogen-bond donors (Lipinski definition) is 3. The molecule has 0 saturated carbocycles. The molecule has 2 atom stereocenters. The Morgan fingerprint density at radius 1 is 0.368 bits per heavy atom. The van der Waals surface area contributed by atoms with E-state index in [1.165, 1.54) is 180 Å². The van der Waals surface area contributed by atoms with Crippen LogP contribution < -0.4 is 5.32 Å². The zero-order chi connectivity index (χ0) is 49.2. The first-order valence-corrected chi connectivity index (χ1v) is 29.5. The molecule has 4 heteroatoms. The summed E-state index contributed by atoms with van der Waals surface area (Å²) >= 11 is 0. The van der Waals surface area contributed by atoms with E-state index in [4.69, 9.17) is 0 Å². The molecule has 0 bridgehead atoms. The van der Waals surface area contributed by atoms with Gasteiger partial charge in [0.2, 0.25) is 5.91 Å². The van der Waals surface area contributed by atoms with E-state index in [-0.39, 0.29) is 12.5 Å². The van der Waals surface area contributed by atoms with Crippen LogP contribution in [0.1, 0.15) is 284 Å². The first kappa shape index (κ1) is 65.3. The molecule has 3 N–H and O–H groups in total. The van der Waals surface area contributed by atoms with Gasteiger partial charge in [-0.05, 0) is 77.0 Å². The normalized spacial score (nSPS) is 13.5. The van der Waals surface area contributed by atoms with E-state index < -0.39 is 12.1 Å². The molecule has 0 rings (SSSR count). The summed E-state index contributed by atoms with van der Waals surface area (Å²) in [5.74, 6) is -0.0967. The Morgan fingerprint density at radius 3 is 0.971 bits per heavy atom. The molecule has 0 aromatic carbocycles. The lowest BCUT2D eigenvalue weighted by Gasteiger charge is -2.19. The molecule has 68 heavy (non-hydrogen) atoms. The first-order valence-electron chi connectivity index (χ1n) is 29.5. The number of nitrogens with one attached hydrogen (secondary N) is 1. The van der Waals surface area contributed by atoms with Crippen LogP contribution in [0.25, 0.3) is 0 Å². The highest BCUT2D eigenvalue weighted by molar-refractivity contribution is 5.76. The van der Waals surface area contributed by atoms with Crippen molar-refractivity contribution in [3.05, 3.63) is 97.2 Å². The van der Waals surface area contributed by atoms with Gasteiger partial charge in [0.05, 0.1) is 18.8 Å². The largest absolute Gasteiger partial charge is 0.394 e. The Labute approximate surface area is 424 Å². The third kappa shape index (κ3) is 54.3. The predicted molar refractivity (Wildman–Crippen MR) is 303 cm³/mol. The number of hydrogen-bond acceptors (Lipinski definition) is 3. The number of allylic oxidation sites excluding steroid dienone is 15. The van der Waals surface area contributed by atoms with Crippen molar-refractivity contribution in [3.63, 3.8) is 0 Å². The molecule has 1 amide bonds. The topological polar surface area (TPSA) is 69.6 Å². The van der Waals surface area contributed by atoms with Crippen LogP contribution in [-0.2, 0) is 4.79 Å². The van der Waals surface area contributed by atoms with Gasteiger partial charge in [-0.25, -0.2) is 0 Å². The number of aliphatic hydroxyl groups excluding tert-OH is 2. The van der Waals surface area contributed by atoms with E-state index in [0.717, 1.165) is 83.5 Å². The van der Waals surface area contributed by atoms with Crippen LogP contribution in [0.5, 0.6) is 0 Å². The van der Waals surface area contributed by atoms with Crippen LogP contribution >= 0.6 is 0 Å². The minimum absolute atomic E-state index is 0.0967. The summed E-state index contributed by atoms with van der Waals surface area (Å²) in [6.07, 6.45) is 87.2. The molecule has 392 valence electrons. The number of aliphatic hydroxyl groups is 2. The van der Waals surface area contributed by atoms with Crippen molar-refractivity contribution in [2.75, 3.05) is 6.61 Å². The maximum absolute atomic E-state index is 12.5. The highest BCUT2D eigenvalue weighted by Gasteiger charge is 2.18. The van der Waals surface area contributed by atoms with E-state index in [2.05, 4.69) is 104 Å². The summed E-state index contributed by atoms with van der Waals surface area (Å²) in [4.78, 5) is 12.5. The minimum atomic E-state index is -0.862. The number of carbonyl (C=O) groups is 1. The van der Waals surface area contributed by atoms with Gasteiger partial charge in [-0.2, -0.15) is 0 Å². The zero-order valence-electron chi connectivity index (χ0n) is 45.1. The standard InChI is InChI=1S/C64H113NO3/c1-3-5-7-9-11-13-15-17-19-21-23-25-27-29-30-31-32-33-34-36-37-39-41-43-45-47-49-51-53-55-57-59-63(67)62(61-66)65-64(68)60-58-56-54-52-50-48-46-44-42-40-38-35-28-26-24-22-20-18-16-14-12-10-8-6-4-2/h6,8,12,14,18,20,24,26,35,38,42,44,48,50,57,59,62-63,66-67H,3-5,7,9-11,13,15-17,19,21-23,25,27-34,36-37,39-41,43,45-47,49,51-56,58,60-61H2,1-2H3,(H,65,68)/b8-6-,14-12-,20-18-,26-24-,38-35-,44-42-,50-48-,59-57+. The van der Waals surface area contributed by atoms with Crippen LogP contribution in [0.15, 0.2) is 97.2 Å². The summed E-state index contributed by atoms with van der Waals surface area (Å²) in [7, 11) is 0. The van der Waals surface area contributed by atoms with Gasteiger partial charge in [-0.15, -0.1) is 0 Å². The molecular weight excluding hydrogens is 831 g/mol. The van der Waals surface area contributed by atoms with E-state index in [9.17, 15) is 15.0 Å². The fourth-order valence-electron chi connectivity index (χ4n) is 8.63. The average Bonchev–Trinajstić information content (AvgIpc) is 3.34. The van der Waals surface area contributed by atoms with Crippen molar-refractivity contribution in [3.8, 4) is 0 Å². The van der Waals surface area contributed by atoms with Crippen LogP contribution in [-0.4, -0.2) is 34.9 Å². The summed E-state index contributed by atoms with van der Waals surface area (Å²) in [6.45, 7) is 4.20. The fourth-order valence-corrected chi connectivity index (χ4v) is 8.63. The first-order chi connectivity index (χ1) is 33.7. The smallest absolute Gasteiger partial charge is 0.220 e. The van der Waals surface area contributed by atoms with E-state index in [1.807, 2.05) is 6.08 Å². The molecule has 0 spiro atoms. The molecule has 4 nitrogen and oxygen atoms in total. The van der Waals surface area contributed by atoms with Crippen molar-refractivity contribution in [2.45, 2.75) is 296 Å². The highest BCUT2D eigenvalue weighted by Crippen LogP contribution is 2.17. The molecule has 0 aliphatic carbocycles. The van der Waals surface area contributed by atoms with Crippen molar-refractivity contribution in [1.82, 2.24) is 5.32 Å². The Morgan fingerprint density at radius 2 is 0.647 bits per heavy atom. The summed E-state index contributed by atoms with van der Waals surface area (Å²) in [5, 5.41) is 23.2. The Hall–Kier alpha value is -2.69. The number of rotatable bonds is 53. The predicted octanol–water partition coefficient (Wildman–Crippen LogP) is 19.7. The van der Waals surface area contributed by atoms with Crippen molar-refractivity contribution in [1.29, 1.82) is 0 Å². The number of carbonyl (C=O) groups excluding carboxylic acids is 1. The lowest BCUT2D eigenvalue weighted by atomic mass is 10.0. The Kier molecular flexibility index (Phi) is 56.3. The minimum Gasteiger partial charge on any atom is -0.394 e. The van der Waals surface area contributed by atoms with E-state index >= 15 is 0 Å². The fraction of sp³-hybridized carbons (Fsp3) is 0.734. The second-order valence-electron chi connectivity index (χ2n) is 19.7. The van der Waals surface area contributed by atoms with Gasteiger partial charge >= 0.3 is 0 Å². The molecule has 0 radical (unpaired) electrons. The van der Waals surface area contributed by atoms with E-state index in [1.54, 1.807) is 6.08 Å². The van der Waals surface area contributed by atoms with Crippen molar-refractivity contribution >= 4 is 5.91 Å². The highest BCUT2D eigenvalue weighted by atomic mass is 16.3. The van der Waals surface area contributed by atoms with E-state index in [0.29, 0.717) is 6.42 Å². The Bertz CT molecular complexity index is 1250. The maximum Gasteiger partial charge on any atom is 0.220 e. The zero-order valence-corrected chi connectivity index (χ0v) is 45.1. The SMILES string of the molecule is CC/C=C\C/C=C\C/C=C\C/C=C\C/C=C\C/C=C\C/C=C\CCCCCC(=O)NC(CO)C(O)/C=C/CCCCCCCCCCCCCCCCCCCCCCCCCCCCCCC.